The smallest absolute Gasteiger partial charge is 0.410 e. The Morgan fingerprint density at radius 2 is 1.88 bits per heavy atom. The van der Waals surface area contributed by atoms with Gasteiger partial charge in [-0.2, -0.15) is 0 Å². The molecule has 1 saturated heterocycles. The Hall–Kier alpha value is -0.850. The van der Waals surface area contributed by atoms with Gasteiger partial charge in [0.15, 0.2) is 0 Å². The molecule has 0 aromatic heterocycles. The lowest BCUT2D eigenvalue weighted by Gasteiger charge is -2.44. The van der Waals surface area contributed by atoms with Crippen molar-refractivity contribution in [3.8, 4) is 0 Å². The molecule has 0 aliphatic carbocycles. The summed E-state index contributed by atoms with van der Waals surface area (Å²) in [5, 5.41) is 10.4. The maximum absolute atomic E-state index is 12.2. The molecule has 3 atom stereocenters. The highest BCUT2D eigenvalue weighted by Crippen LogP contribution is 2.17. The van der Waals surface area contributed by atoms with Crippen molar-refractivity contribution in [2.45, 2.75) is 65.6 Å². The molecule has 0 saturated carbocycles. The van der Waals surface area contributed by atoms with Crippen LogP contribution >= 0.6 is 0 Å². The minimum absolute atomic E-state index is 0.107. The van der Waals surface area contributed by atoms with Crippen molar-refractivity contribution in [3.05, 3.63) is 0 Å². The van der Waals surface area contributed by atoms with Gasteiger partial charge in [-0.15, -0.1) is 0 Å². The number of ether oxygens (including phenoxy) is 1. The van der Waals surface area contributed by atoms with E-state index in [-0.39, 0.29) is 24.3 Å². The lowest BCUT2D eigenvalue weighted by atomic mass is 10.1. The van der Waals surface area contributed by atoms with Crippen LogP contribution in [0.15, 0.2) is 0 Å². The molecular formula is C18H37N3O3. The third-order valence-corrected chi connectivity index (χ3v) is 4.88. The highest BCUT2D eigenvalue weighted by atomic mass is 16.6. The van der Waals surface area contributed by atoms with Gasteiger partial charge >= 0.3 is 6.09 Å². The molecule has 6 heteroatoms. The highest BCUT2D eigenvalue weighted by molar-refractivity contribution is 5.68. The van der Waals surface area contributed by atoms with E-state index in [9.17, 15) is 9.90 Å². The molecule has 1 rings (SSSR count). The summed E-state index contributed by atoms with van der Waals surface area (Å²) in [5.41, 5.74) is 0. The van der Waals surface area contributed by atoms with Gasteiger partial charge in [0.1, 0.15) is 0 Å². The largest absolute Gasteiger partial charge is 0.449 e. The Balaban J connectivity index is 2.48. The summed E-state index contributed by atoms with van der Waals surface area (Å²) in [5.74, 6) is 0. The van der Waals surface area contributed by atoms with Crippen molar-refractivity contribution >= 4 is 6.09 Å². The number of likely N-dealkylation sites (N-methyl/N-ethyl adjacent to an activating group) is 1. The number of amides is 1. The van der Waals surface area contributed by atoms with Crippen LogP contribution in [0.5, 0.6) is 0 Å². The monoisotopic (exact) mass is 343 g/mol. The molecule has 0 radical (unpaired) electrons. The standard InChI is InChI=1S/C18H37N3O3/c1-6-9-10-24-18(23)21-12-15(4)20(11-16(21)5)14-17(22)13-19(7-2)8-3/h15-17,22H,6-14H2,1-5H3/t15-,16-,17?/m0/s1. The number of rotatable bonds is 9. The number of carbonyl (C=O) groups is 1. The van der Waals surface area contributed by atoms with E-state index in [0.29, 0.717) is 26.2 Å². The van der Waals surface area contributed by atoms with Gasteiger partial charge in [0, 0.05) is 38.3 Å². The third-order valence-electron chi connectivity index (χ3n) is 4.88. The average molecular weight is 344 g/mol. The van der Waals surface area contributed by atoms with Crippen LogP contribution in [0, 0.1) is 0 Å². The van der Waals surface area contributed by atoms with Gasteiger partial charge in [-0.05, 0) is 33.4 Å². The number of unbranched alkanes of at least 4 members (excludes halogenated alkanes) is 1. The molecule has 1 aliphatic rings. The molecule has 1 heterocycles. The molecule has 1 N–H and O–H groups in total. The van der Waals surface area contributed by atoms with Gasteiger partial charge in [0.25, 0.3) is 0 Å². The molecule has 1 aliphatic heterocycles. The average Bonchev–Trinajstić information content (AvgIpc) is 2.55. The van der Waals surface area contributed by atoms with Crippen LogP contribution in [0.4, 0.5) is 4.79 Å². The summed E-state index contributed by atoms with van der Waals surface area (Å²) in [6, 6.07) is 0.335. The van der Waals surface area contributed by atoms with Gasteiger partial charge in [0.05, 0.1) is 12.7 Å². The molecule has 1 unspecified atom stereocenters. The lowest BCUT2D eigenvalue weighted by Crippen LogP contribution is -2.59. The Morgan fingerprint density at radius 3 is 2.46 bits per heavy atom. The molecule has 0 bridgehead atoms. The van der Waals surface area contributed by atoms with Gasteiger partial charge in [-0.25, -0.2) is 4.79 Å². The van der Waals surface area contributed by atoms with Crippen molar-refractivity contribution in [3.63, 3.8) is 0 Å². The molecule has 0 aromatic carbocycles. The van der Waals surface area contributed by atoms with Crippen LogP contribution in [-0.4, -0.2) is 90.0 Å². The summed E-state index contributed by atoms with van der Waals surface area (Å²) >= 11 is 0. The second-order valence-electron chi connectivity index (χ2n) is 6.91. The zero-order chi connectivity index (χ0) is 18.1. The first kappa shape index (κ1) is 21.2. The molecular weight excluding hydrogens is 306 g/mol. The van der Waals surface area contributed by atoms with Gasteiger partial charge in [0.2, 0.25) is 0 Å². The van der Waals surface area contributed by atoms with Crippen molar-refractivity contribution in [2.24, 2.45) is 0 Å². The predicted molar refractivity (Wildman–Crippen MR) is 97.3 cm³/mol. The molecule has 1 fully saturated rings. The van der Waals surface area contributed by atoms with E-state index in [0.717, 1.165) is 32.5 Å². The second-order valence-corrected chi connectivity index (χ2v) is 6.91. The minimum atomic E-state index is -0.359. The number of piperazine rings is 1. The summed E-state index contributed by atoms with van der Waals surface area (Å²) in [7, 11) is 0. The van der Waals surface area contributed by atoms with Crippen LogP contribution in [0.25, 0.3) is 0 Å². The first-order chi connectivity index (χ1) is 11.4. The van der Waals surface area contributed by atoms with Crippen molar-refractivity contribution in [2.75, 3.05) is 45.9 Å². The van der Waals surface area contributed by atoms with Crippen LogP contribution in [0.3, 0.4) is 0 Å². The molecule has 24 heavy (non-hydrogen) atoms. The van der Waals surface area contributed by atoms with Crippen LogP contribution < -0.4 is 0 Å². The van der Waals surface area contributed by atoms with E-state index in [4.69, 9.17) is 4.74 Å². The topological polar surface area (TPSA) is 56.3 Å². The molecule has 142 valence electrons. The van der Waals surface area contributed by atoms with Crippen LogP contribution in [0.2, 0.25) is 0 Å². The molecule has 0 spiro atoms. The van der Waals surface area contributed by atoms with E-state index < -0.39 is 0 Å². The fraction of sp³-hybridized carbons (Fsp3) is 0.944. The normalized spacial score (nSPS) is 23.5. The molecule has 1 amide bonds. The number of aliphatic hydroxyl groups excluding tert-OH is 1. The van der Waals surface area contributed by atoms with E-state index in [1.54, 1.807) is 0 Å². The van der Waals surface area contributed by atoms with E-state index in [1.165, 1.54) is 0 Å². The number of aliphatic hydroxyl groups is 1. The zero-order valence-corrected chi connectivity index (χ0v) is 16.2. The Labute approximate surface area is 147 Å². The number of hydrogen-bond acceptors (Lipinski definition) is 5. The number of β-amino-alcohol motifs (C(OH)–C–C–N with tert-alkyl or cyclic N) is 1. The quantitative estimate of drug-likeness (QED) is 0.649. The maximum Gasteiger partial charge on any atom is 0.410 e. The van der Waals surface area contributed by atoms with Gasteiger partial charge in [-0.1, -0.05) is 27.2 Å². The molecule has 6 nitrogen and oxygen atoms in total. The number of hydrogen-bond donors (Lipinski definition) is 1. The lowest BCUT2D eigenvalue weighted by molar-refractivity contribution is 0.00137. The predicted octanol–water partition coefficient (Wildman–Crippen LogP) is 2.02. The summed E-state index contributed by atoms with van der Waals surface area (Å²) in [4.78, 5) is 18.6. The fourth-order valence-electron chi connectivity index (χ4n) is 3.20. The van der Waals surface area contributed by atoms with Crippen molar-refractivity contribution in [1.82, 2.24) is 14.7 Å². The zero-order valence-electron chi connectivity index (χ0n) is 16.2. The first-order valence-electron chi connectivity index (χ1n) is 9.50. The second kappa shape index (κ2) is 10.9. The Bertz CT molecular complexity index is 363. The number of carbonyl (C=O) groups excluding carboxylic acids is 1. The van der Waals surface area contributed by atoms with Gasteiger partial charge < -0.3 is 19.6 Å². The van der Waals surface area contributed by atoms with E-state index in [2.05, 4.69) is 44.4 Å². The summed E-state index contributed by atoms with van der Waals surface area (Å²) in [6.07, 6.45) is 1.37. The van der Waals surface area contributed by atoms with Crippen molar-refractivity contribution < 1.29 is 14.6 Å². The maximum atomic E-state index is 12.2. The third kappa shape index (κ3) is 6.57. The SMILES string of the molecule is CCCCOC(=O)N1C[C@H](C)N(CC(O)CN(CC)CC)C[C@@H]1C. The van der Waals surface area contributed by atoms with Crippen LogP contribution in [-0.2, 0) is 4.74 Å². The first-order valence-corrected chi connectivity index (χ1v) is 9.50. The summed E-state index contributed by atoms with van der Waals surface area (Å²) < 4.78 is 5.35. The minimum Gasteiger partial charge on any atom is -0.449 e. The molecule has 0 aromatic rings. The summed E-state index contributed by atoms with van der Waals surface area (Å²) in [6.45, 7) is 15.7. The Kier molecular flexibility index (Phi) is 9.63. The highest BCUT2D eigenvalue weighted by Gasteiger charge is 2.33. The Morgan fingerprint density at radius 1 is 1.21 bits per heavy atom. The van der Waals surface area contributed by atoms with Crippen molar-refractivity contribution in [1.29, 1.82) is 0 Å². The van der Waals surface area contributed by atoms with Crippen LogP contribution in [0.1, 0.15) is 47.5 Å². The number of nitrogens with zero attached hydrogens (tertiary/aromatic N) is 3. The van der Waals surface area contributed by atoms with Gasteiger partial charge in [-0.3, -0.25) is 4.90 Å². The van der Waals surface area contributed by atoms with E-state index >= 15 is 0 Å². The van der Waals surface area contributed by atoms with E-state index in [1.807, 2.05) is 4.90 Å². The fourth-order valence-corrected chi connectivity index (χ4v) is 3.20.